The van der Waals surface area contributed by atoms with E-state index in [9.17, 15) is 9.90 Å². The third-order valence-corrected chi connectivity index (χ3v) is 4.71. The largest absolute Gasteiger partial charge is 0.480 e. The summed E-state index contributed by atoms with van der Waals surface area (Å²) in [5.74, 6) is -0.0520. The first-order valence-electron chi connectivity index (χ1n) is 7.28. The molecule has 3 rings (SSSR count). The van der Waals surface area contributed by atoms with Crippen LogP contribution in [0.1, 0.15) is 37.7 Å². The molecule has 19 heavy (non-hydrogen) atoms. The summed E-state index contributed by atoms with van der Waals surface area (Å²) >= 11 is 0. The Kier molecular flexibility index (Phi) is 3.56. The molecule has 0 spiro atoms. The second-order valence-electron chi connectivity index (χ2n) is 5.86. The normalized spacial score (nSPS) is 31.1. The average Bonchev–Trinajstić information content (AvgIpc) is 2.79. The predicted octanol–water partition coefficient (Wildman–Crippen LogP) is 2.90. The number of carboxylic acids is 1. The van der Waals surface area contributed by atoms with Gasteiger partial charge in [-0.1, -0.05) is 43.2 Å². The van der Waals surface area contributed by atoms with Crippen molar-refractivity contribution in [1.82, 2.24) is 4.90 Å². The van der Waals surface area contributed by atoms with Gasteiger partial charge in [-0.3, -0.25) is 9.69 Å². The van der Waals surface area contributed by atoms with Gasteiger partial charge in [-0.05, 0) is 30.7 Å². The fraction of sp³-hybridized carbons (Fsp3) is 0.562. The molecule has 1 aliphatic heterocycles. The molecule has 1 aliphatic carbocycles. The van der Waals surface area contributed by atoms with Crippen LogP contribution in [-0.4, -0.2) is 28.1 Å². The van der Waals surface area contributed by atoms with E-state index in [0.29, 0.717) is 12.0 Å². The van der Waals surface area contributed by atoms with Crippen molar-refractivity contribution < 1.29 is 9.90 Å². The van der Waals surface area contributed by atoms with Gasteiger partial charge in [0.15, 0.2) is 0 Å². The van der Waals surface area contributed by atoms with Crippen LogP contribution in [0, 0.1) is 5.92 Å². The minimum Gasteiger partial charge on any atom is -0.480 e. The number of fused-ring (bicyclic) bond motifs is 1. The highest BCUT2D eigenvalue weighted by Gasteiger charge is 2.44. The van der Waals surface area contributed by atoms with Crippen LogP contribution in [0.3, 0.4) is 0 Å². The van der Waals surface area contributed by atoms with Crippen molar-refractivity contribution in [2.45, 2.75) is 50.7 Å². The van der Waals surface area contributed by atoms with E-state index in [-0.39, 0.29) is 6.04 Å². The van der Waals surface area contributed by atoms with E-state index in [4.69, 9.17) is 0 Å². The molecule has 1 saturated carbocycles. The maximum absolute atomic E-state index is 11.5. The summed E-state index contributed by atoms with van der Waals surface area (Å²) in [5.41, 5.74) is 1.22. The second-order valence-corrected chi connectivity index (χ2v) is 5.86. The number of nitrogens with zero attached hydrogens (tertiary/aromatic N) is 1. The first-order chi connectivity index (χ1) is 9.25. The zero-order valence-corrected chi connectivity index (χ0v) is 11.2. The van der Waals surface area contributed by atoms with Gasteiger partial charge in [-0.2, -0.15) is 0 Å². The molecule has 0 aromatic heterocycles. The number of carboxylic acid groups (broad SMARTS) is 1. The van der Waals surface area contributed by atoms with E-state index in [1.165, 1.54) is 31.2 Å². The van der Waals surface area contributed by atoms with Gasteiger partial charge in [0.1, 0.15) is 6.04 Å². The number of rotatable bonds is 3. The highest BCUT2D eigenvalue weighted by Crippen LogP contribution is 2.40. The summed E-state index contributed by atoms with van der Waals surface area (Å²) in [7, 11) is 0. The lowest BCUT2D eigenvalue weighted by Crippen LogP contribution is -2.41. The first-order valence-corrected chi connectivity index (χ1v) is 7.28. The van der Waals surface area contributed by atoms with Gasteiger partial charge >= 0.3 is 5.97 Å². The van der Waals surface area contributed by atoms with E-state index < -0.39 is 5.97 Å². The average molecular weight is 259 g/mol. The fourth-order valence-corrected chi connectivity index (χ4v) is 3.82. The number of carbonyl (C=O) groups is 1. The Morgan fingerprint density at radius 3 is 2.68 bits per heavy atom. The highest BCUT2D eigenvalue weighted by atomic mass is 16.4. The van der Waals surface area contributed by atoms with Crippen LogP contribution in [0.25, 0.3) is 0 Å². The zero-order valence-electron chi connectivity index (χ0n) is 11.2. The van der Waals surface area contributed by atoms with Crippen LogP contribution in [-0.2, 0) is 11.3 Å². The summed E-state index contributed by atoms with van der Waals surface area (Å²) in [6.45, 7) is 0.777. The van der Waals surface area contributed by atoms with Crippen molar-refractivity contribution in [3.63, 3.8) is 0 Å². The van der Waals surface area contributed by atoms with E-state index in [1.807, 2.05) is 18.2 Å². The van der Waals surface area contributed by atoms with Gasteiger partial charge in [0.25, 0.3) is 0 Å². The van der Waals surface area contributed by atoms with Crippen LogP contribution < -0.4 is 0 Å². The molecule has 2 fully saturated rings. The lowest BCUT2D eigenvalue weighted by Gasteiger charge is -2.33. The monoisotopic (exact) mass is 259 g/mol. The van der Waals surface area contributed by atoms with Crippen molar-refractivity contribution in [3.8, 4) is 0 Å². The minimum atomic E-state index is -0.648. The topological polar surface area (TPSA) is 40.5 Å². The minimum absolute atomic E-state index is 0.284. The molecule has 3 atom stereocenters. The zero-order chi connectivity index (χ0) is 13.2. The molecule has 1 aromatic carbocycles. The lowest BCUT2D eigenvalue weighted by atomic mass is 9.84. The number of aliphatic carboxylic acids is 1. The number of hydrogen-bond acceptors (Lipinski definition) is 2. The Bertz CT molecular complexity index is 445. The third-order valence-electron chi connectivity index (χ3n) is 4.71. The summed E-state index contributed by atoms with van der Waals surface area (Å²) in [6, 6.07) is 10.4. The van der Waals surface area contributed by atoms with Crippen molar-refractivity contribution in [3.05, 3.63) is 35.9 Å². The maximum atomic E-state index is 11.5. The molecule has 1 N–H and O–H groups in total. The molecule has 0 bridgehead atoms. The molecule has 2 aliphatic rings. The van der Waals surface area contributed by atoms with Crippen LogP contribution in [0.15, 0.2) is 30.3 Å². The van der Waals surface area contributed by atoms with Crippen molar-refractivity contribution in [2.75, 3.05) is 0 Å². The summed E-state index contributed by atoms with van der Waals surface area (Å²) in [5, 5.41) is 9.47. The van der Waals surface area contributed by atoms with Crippen molar-refractivity contribution in [1.29, 1.82) is 0 Å². The van der Waals surface area contributed by atoms with Gasteiger partial charge in [-0.25, -0.2) is 0 Å². The number of benzene rings is 1. The molecule has 3 nitrogen and oxygen atoms in total. The van der Waals surface area contributed by atoms with Gasteiger partial charge < -0.3 is 5.11 Å². The van der Waals surface area contributed by atoms with E-state index >= 15 is 0 Å². The lowest BCUT2D eigenvalue weighted by molar-refractivity contribution is -0.142. The van der Waals surface area contributed by atoms with Gasteiger partial charge in [0.05, 0.1) is 0 Å². The van der Waals surface area contributed by atoms with Crippen molar-refractivity contribution >= 4 is 5.97 Å². The molecule has 102 valence electrons. The highest BCUT2D eigenvalue weighted by molar-refractivity contribution is 5.74. The molecule has 0 amide bonds. The summed E-state index contributed by atoms with van der Waals surface area (Å²) < 4.78 is 0. The molecular formula is C16H21NO2. The third kappa shape index (κ3) is 2.52. The van der Waals surface area contributed by atoms with Crippen LogP contribution in [0.5, 0.6) is 0 Å². The Balaban J connectivity index is 1.80. The van der Waals surface area contributed by atoms with E-state index in [2.05, 4.69) is 17.0 Å². The standard InChI is InChI=1S/C16H21NO2/c18-16(19)15-10-13-8-4-5-9-14(13)17(15)11-12-6-2-1-3-7-12/h1-3,6-7,13-15H,4-5,8-11H2,(H,18,19)/t13-,14-,15-/m0/s1. The molecule has 1 heterocycles. The molecule has 1 aromatic rings. The Labute approximate surface area is 114 Å². The Morgan fingerprint density at radius 1 is 1.21 bits per heavy atom. The van der Waals surface area contributed by atoms with Gasteiger partial charge in [0, 0.05) is 12.6 Å². The van der Waals surface area contributed by atoms with E-state index in [0.717, 1.165) is 13.0 Å². The van der Waals surface area contributed by atoms with Gasteiger partial charge in [0.2, 0.25) is 0 Å². The Morgan fingerprint density at radius 2 is 1.95 bits per heavy atom. The second kappa shape index (κ2) is 5.33. The van der Waals surface area contributed by atoms with Crippen molar-refractivity contribution in [2.24, 2.45) is 5.92 Å². The fourth-order valence-electron chi connectivity index (χ4n) is 3.82. The summed E-state index contributed by atoms with van der Waals surface area (Å²) in [6.07, 6.45) is 5.74. The molecule has 0 unspecified atom stereocenters. The molecular weight excluding hydrogens is 238 g/mol. The first kappa shape index (κ1) is 12.7. The Hall–Kier alpha value is -1.35. The van der Waals surface area contributed by atoms with Crippen LogP contribution in [0.4, 0.5) is 0 Å². The number of likely N-dealkylation sites (tertiary alicyclic amines) is 1. The SMILES string of the molecule is O=C(O)[C@@H]1C[C@@H]2CCCC[C@@H]2N1Cc1ccccc1. The van der Waals surface area contributed by atoms with Gasteiger partial charge in [-0.15, -0.1) is 0 Å². The molecule has 0 radical (unpaired) electrons. The van der Waals surface area contributed by atoms with E-state index in [1.54, 1.807) is 0 Å². The smallest absolute Gasteiger partial charge is 0.320 e. The maximum Gasteiger partial charge on any atom is 0.320 e. The number of hydrogen-bond donors (Lipinski definition) is 1. The predicted molar refractivity (Wildman–Crippen MR) is 73.8 cm³/mol. The molecule has 1 saturated heterocycles. The van der Waals surface area contributed by atoms with Crippen LogP contribution in [0.2, 0.25) is 0 Å². The molecule has 3 heteroatoms. The quantitative estimate of drug-likeness (QED) is 0.907. The summed E-state index contributed by atoms with van der Waals surface area (Å²) in [4.78, 5) is 13.7. The van der Waals surface area contributed by atoms with Crippen LogP contribution >= 0.6 is 0 Å².